The second-order valence-corrected chi connectivity index (χ2v) is 10.0. The number of hydrogen-bond acceptors (Lipinski definition) is 5. The van der Waals surface area contributed by atoms with Crippen molar-refractivity contribution in [2.75, 3.05) is 12.0 Å². The molecule has 0 unspecified atom stereocenters. The average Bonchev–Trinajstić information content (AvgIpc) is 3.20. The van der Waals surface area contributed by atoms with Crippen LogP contribution in [-0.2, 0) is 4.79 Å². The minimum atomic E-state index is -1.00. The van der Waals surface area contributed by atoms with E-state index in [0.29, 0.717) is 27.6 Å². The van der Waals surface area contributed by atoms with Crippen LogP contribution in [0.2, 0.25) is 0 Å². The molecule has 184 valence electrons. The summed E-state index contributed by atoms with van der Waals surface area (Å²) in [5.41, 5.74) is 1.50. The average molecular weight is 496 g/mol. The zero-order valence-corrected chi connectivity index (χ0v) is 21.0. The van der Waals surface area contributed by atoms with Crippen molar-refractivity contribution in [1.29, 1.82) is 0 Å². The maximum absolute atomic E-state index is 14.4. The van der Waals surface area contributed by atoms with Gasteiger partial charge < -0.3 is 10.1 Å². The Labute approximate surface area is 209 Å². The van der Waals surface area contributed by atoms with Gasteiger partial charge in [-0.05, 0) is 62.6 Å². The fourth-order valence-electron chi connectivity index (χ4n) is 4.58. The first-order chi connectivity index (χ1) is 16.9. The Kier molecular flexibility index (Phi) is 7.80. The predicted octanol–water partition coefficient (Wildman–Crippen LogP) is 5.74. The molecule has 0 bridgehead atoms. The van der Waals surface area contributed by atoms with Crippen LogP contribution in [0, 0.1) is 19.7 Å². The second kappa shape index (κ2) is 11.0. The molecule has 6 nitrogen and oxygen atoms in total. The first-order valence-corrected chi connectivity index (χ1v) is 12.7. The topological polar surface area (TPSA) is 71.5 Å². The number of aromatic nitrogens is 1. The summed E-state index contributed by atoms with van der Waals surface area (Å²) in [6, 6.07) is 11.9. The van der Waals surface area contributed by atoms with Crippen LogP contribution in [0.3, 0.4) is 0 Å². The summed E-state index contributed by atoms with van der Waals surface area (Å²) >= 11 is 1.27. The van der Waals surface area contributed by atoms with Crippen molar-refractivity contribution in [3.8, 4) is 5.75 Å². The first-order valence-electron chi connectivity index (χ1n) is 11.8. The lowest BCUT2D eigenvalue weighted by atomic mass is 9.94. The van der Waals surface area contributed by atoms with Crippen LogP contribution in [0.15, 0.2) is 48.5 Å². The van der Waals surface area contributed by atoms with E-state index in [0.717, 1.165) is 37.1 Å². The third-order valence-electron chi connectivity index (χ3n) is 6.29. The van der Waals surface area contributed by atoms with Gasteiger partial charge in [0.2, 0.25) is 5.91 Å². The van der Waals surface area contributed by atoms with Gasteiger partial charge in [-0.1, -0.05) is 37.5 Å². The summed E-state index contributed by atoms with van der Waals surface area (Å²) < 4.78 is 19.6. The van der Waals surface area contributed by atoms with E-state index in [4.69, 9.17) is 4.74 Å². The number of methoxy groups -OCH3 is 1. The number of rotatable bonds is 7. The number of thiazole rings is 1. The molecule has 1 saturated carbocycles. The molecule has 2 amide bonds. The maximum Gasteiger partial charge on any atom is 0.271 e. The van der Waals surface area contributed by atoms with Gasteiger partial charge in [-0.15, -0.1) is 11.3 Å². The number of ether oxygens (including phenoxy) is 1. The molecule has 4 rings (SSSR count). The van der Waals surface area contributed by atoms with Crippen LogP contribution in [-0.4, -0.2) is 29.9 Å². The quantitative estimate of drug-likeness (QED) is 0.453. The van der Waals surface area contributed by atoms with E-state index in [2.05, 4.69) is 10.3 Å². The van der Waals surface area contributed by atoms with E-state index >= 15 is 0 Å². The summed E-state index contributed by atoms with van der Waals surface area (Å²) in [6.07, 6.45) is 5.09. The number of aryl methyl sites for hydroxylation is 2. The number of anilines is 1. The lowest BCUT2D eigenvalue weighted by molar-refractivity contribution is -0.123. The summed E-state index contributed by atoms with van der Waals surface area (Å²) in [4.78, 5) is 34.1. The number of carbonyl (C=O) groups excluding carboxylic acids is 2. The fraction of sp³-hybridized carbons (Fsp3) is 0.370. The fourth-order valence-corrected chi connectivity index (χ4v) is 5.44. The number of halogens is 1. The Morgan fingerprint density at radius 2 is 1.83 bits per heavy atom. The molecular weight excluding hydrogens is 465 g/mol. The molecular formula is C27H30FN3O3S. The molecule has 1 atom stereocenters. The van der Waals surface area contributed by atoms with Gasteiger partial charge in [0.05, 0.1) is 17.8 Å². The highest BCUT2D eigenvalue weighted by atomic mass is 32.1. The minimum absolute atomic E-state index is 0.0499. The van der Waals surface area contributed by atoms with Crippen LogP contribution in [0.5, 0.6) is 5.75 Å². The molecule has 8 heteroatoms. The molecule has 0 spiro atoms. The predicted molar refractivity (Wildman–Crippen MR) is 136 cm³/mol. The van der Waals surface area contributed by atoms with Crippen LogP contribution < -0.4 is 15.0 Å². The maximum atomic E-state index is 14.4. The van der Waals surface area contributed by atoms with Crippen molar-refractivity contribution in [2.24, 2.45) is 0 Å². The van der Waals surface area contributed by atoms with Crippen molar-refractivity contribution >= 4 is 28.8 Å². The Morgan fingerprint density at radius 3 is 2.43 bits per heavy atom. The molecule has 0 saturated heterocycles. The number of nitrogens with zero attached hydrogens (tertiary/aromatic N) is 2. The highest BCUT2D eigenvalue weighted by molar-refractivity contribution is 7.13. The second-order valence-electron chi connectivity index (χ2n) is 8.82. The van der Waals surface area contributed by atoms with E-state index in [1.165, 1.54) is 28.4 Å². The monoisotopic (exact) mass is 495 g/mol. The van der Waals surface area contributed by atoms with Gasteiger partial charge in [0, 0.05) is 11.7 Å². The summed E-state index contributed by atoms with van der Waals surface area (Å²) in [5.74, 6) is -0.534. The van der Waals surface area contributed by atoms with Crippen molar-refractivity contribution in [3.63, 3.8) is 0 Å². The van der Waals surface area contributed by atoms with E-state index in [9.17, 15) is 14.0 Å². The number of benzene rings is 2. The van der Waals surface area contributed by atoms with Crippen molar-refractivity contribution in [1.82, 2.24) is 10.3 Å². The molecule has 1 heterocycles. The van der Waals surface area contributed by atoms with Gasteiger partial charge in [-0.25, -0.2) is 9.37 Å². The lowest BCUT2D eigenvalue weighted by Crippen LogP contribution is -2.47. The summed E-state index contributed by atoms with van der Waals surface area (Å²) in [5, 5.41) is 3.91. The first kappa shape index (κ1) is 24.9. The summed E-state index contributed by atoms with van der Waals surface area (Å²) in [7, 11) is 1.57. The molecule has 1 N–H and O–H groups in total. The highest BCUT2D eigenvalue weighted by Gasteiger charge is 2.36. The van der Waals surface area contributed by atoms with Crippen LogP contribution in [0.25, 0.3) is 0 Å². The Morgan fingerprint density at radius 1 is 1.11 bits per heavy atom. The Bertz CT molecular complexity index is 1190. The molecule has 1 aliphatic rings. The molecule has 2 aromatic carbocycles. The van der Waals surface area contributed by atoms with Gasteiger partial charge in [0.25, 0.3) is 5.91 Å². The largest absolute Gasteiger partial charge is 0.497 e. The molecule has 0 aliphatic heterocycles. The van der Waals surface area contributed by atoms with Gasteiger partial charge in [-0.3, -0.25) is 14.5 Å². The summed E-state index contributed by atoms with van der Waals surface area (Å²) in [6.45, 7) is 3.60. The number of nitrogens with one attached hydrogen (secondary N) is 1. The Hall–Kier alpha value is -3.26. The molecule has 0 radical (unpaired) electrons. The molecule has 35 heavy (non-hydrogen) atoms. The molecule has 1 fully saturated rings. The van der Waals surface area contributed by atoms with E-state index in [1.54, 1.807) is 50.4 Å². The zero-order chi connectivity index (χ0) is 24.9. The van der Waals surface area contributed by atoms with Gasteiger partial charge in [0.15, 0.2) is 0 Å². The van der Waals surface area contributed by atoms with Gasteiger partial charge >= 0.3 is 0 Å². The van der Waals surface area contributed by atoms with E-state index in [-0.39, 0.29) is 11.9 Å². The lowest BCUT2D eigenvalue weighted by Gasteiger charge is -2.33. The molecule has 1 aliphatic carbocycles. The highest BCUT2D eigenvalue weighted by Crippen LogP contribution is 2.33. The number of hydrogen-bond donors (Lipinski definition) is 1. The Balaban J connectivity index is 1.82. The molecule has 3 aromatic rings. The van der Waals surface area contributed by atoms with Crippen molar-refractivity contribution in [3.05, 3.63) is 75.5 Å². The third-order valence-corrected chi connectivity index (χ3v) is 7.35. The zero-order valence-electron chi connectivity index (χ0n) is 20.2. The van der Waals surface area contributed by atoms with Crippen LogP contribution in [0.1, 0.15) is 64.1 Å². The molecule has 1 aromatic heterocycles. The van der Waals surface area contributed by atoms with Crippen molar-refractivity contribution in [2.45, 2.75) is 58.0 Å². The smallest absolute Gasteiger partial charge is 0.271 e. The third kappa shape index (κ3) is 5.70. The number of amides is 2. The van der Waals surface area contributed by atoms with E-state index < -0.39 is 17.8 Å². The van der Waals surface area contributed by atoms with Crippen LogP contribution >= 0.6 is 11.3 Å². The number of carbonyl (C=O) groups is 2. The van der Waals surface area contributed by atoms with E-state index in [1.807, 2.05) is 6.92 Å². The SMILES string of the molecule is COc1ccc([C@@H](C(=O)NC2CCCCC2)N(C(=O)c2sc(C)nc2C)c2cccc(F)c2)cc1. The van der Waals surface area contributed by atoms with Gasteiger partial charge in [-0.2, -0.15) is 0 Å². The van der Waals surface area contributed by atoms with Gasteiger partial charge in [0.1, 0.15) is 22.5 Å². The van der Waals surface area contributed by atoms with Crippen LogP contribution in [0.4, 0.5) is 10.1 Å². The standard InChI is InChI=1S/C27H30FN3O3S/c1-17-25(35-18(2)29-17)27(33)31(22-11-7-8-20(28)16-22)24(19-12-14-23(34-3)15-13-19)26(32)30-21-9-5-4-6-10-21/h7-8,11-16,21,24H,4-6,9-10H2,1-3H3,(H,30,32)/t24-/m0/s1. The minimum Gasteiger partial charge on any atom is -0.497 e. The van der Waals surface area contributed by atoms with Crippen molar-refractivity contribution < 1.29 is 18.7 Å². The normalized spacial score (nSPS) is 14.9.